The lowest BCUT2D eigenvalue weighted by Gasteiger charge is -2.14. The zero-order valence-corrected chi connectivity index (χ0v) is 14.5. The second-order valence-electron chi connectivity index (χ2n) is 5.84. The Bertz CT molecular complexity index is 771. The molecule has 0 atom stereocenters. The number of carbonyl (C=O) groups excluding carboxylic acids is 1. The molecule has 0 aliphatic carbocycles. The fraction of sp³-hybridized carbons (Fsp3) is 0.316. The molecule has 0 spiro atoms. The molecule has 0 fully saturated rings. The van der Waals surface area contributed by atoms with Crippen molar-refractivity contribution < 1.29 is 9.53 Å². The SMILES string of the molecule is CCOc1ncccc1CNC(=O)c1ccc(N2CCC(C)=N2)cc1. The van der Waals surface area contributed by atoms with Crippen LogP contribution in [0.25, 0.3) is 0 Å². The summed E-state index contributed by atoms with van der Waals surface area (Å²) in [5.41, 5.74) is 3.60. The molecule has 3 rings (SSSR count). The molecule has 1 aromatic carbocycles. The fourth-order valence-electron chi connectivity index (χ4n) is 2.65. The van der Waals surface area contributed by atoms with E-state index in [0.29, 0.717) is 24.6 Å². The van der Waals surface area contributed by atoms with E-state index in [1.165, 1.54) is 0 Å². The van der Waals surface area contributed by atoms with Crippen molar-refractivity contribution in [3.8, 4) is 5.88 Å². The number of ether oxygens (including phenoxy) is 1. The van der Waals surface area contributed by atoms with Crippen LogP contribution in [0.3, 0.4) is 0 Å². The highest BCUT2D eigenvalue weighted by Crippen LogP contribution is 2.20. The van der Waals surface area contributed by atoms with Crippen molar-refractivity contribution in [2.24, 2.45) is 5.10 Å². The van der Waals surface area contributed by atoms with Gasteiger partial charge in [0.05, 0.1) is 12.3 Å². The Hall–Kier alpha value is -2.89. The van der Waals surface area contributed by atoms with Gasteiger partial charge in [0, 0.05) is 42.5 Å². The van der Waals surface area contributed by atoms with Crippen LogP contribution in [-0.4, -0.2) is 29.8 Å². The molecule has 1 N–H and O–H groups in total. The first-order valence-electron chi connectivity index (χ1n) is 8.44. The van der Waals surface area contributed by atoms with E-state index in [1.54, 1.807) is 6.20 Å². The Labute approximate surface area is 147 Å². The minimum Gasteiger partial charge on any atom is -0.478 e. The van der Waals surface area contributed by atoms with Crippen molar-refractivity contribution in [3.63, 3.8) is 0 Å². The van der Waals surface area contributed by atoms with Gasteiger partial charge < -0.3 is 10.1 Å². The number of pyridine rings is 1. The Morgan fingerprint density at radius 3 is 2.76 bits per heavy atom. The molecule has 0 unspecified atom stereocenters. The van der Waals surface area contributed by atoms with Crippen LogP contribution in [0.2, 0.25) is 0 Å². The Morgan fingerprint density at radius 2 is 2.08 bits per heavy atom. The van der Waals surface area contributed by atoms with Gasteiger partial charge in [0.2, 0.25) is 5.88 Å². The number of amides is 1. The molecule has 1 aromatic heterocycles. The highest BCUT2D eigenvalue weighted by molar-refractivity contribution is 5.94. The third-order valence-corrected chi connectivity index (χ3v) is 3.97. The molecule has 0 saturated heterocycles. The fourth-order valence-corrected chi connectivity index (χ4v) is 2.65. The average molecular weight is 338 g/mol. The van der Waals surface area contributed by atoms with Gasteiger partial charge >= 0.3 is 0 Å². The maximum Gasteiger partial charge on any atom is 0.251 e. The molecule has 6 heteroatoms. The lowest BCUT2D eigenvalue weighted by Crippen LogP contribution is -2.23. The summed E-state index contributed by atoms with van der Waals surface area (Å²) in [6.45, 7) is 5.73. The number of rotatable bonds is 6. The van der Waals surface area contributed by atoms with Gasteiger partial charge in [-0.3, -0.25) is 9.80 Å². The van der Waals surface area contributed by atoms with Crippen molar-refractivity contribution >= 4 is 17.3 Å². The summed E-state index contributed by atoms with van der Waals surface area (Å²) in [6, 6.07) is 11.2. The highest BCUT2D eigenvalue weighted by atomic mass is 16.5. The molecule has 25 heavy (non-hydrogen) atoms. The first kappa shape index (κ1) is 17.0. The average Bonchev–Trinajstić information content (AvgIpc) is 3.07. The van der Waals surface area contributed by atoms with Gasteiger partial charge in [0.1, 0.15) is 0 Å². The largest absolute Gasteiger partial charge is 0.478 e. The van der Waals surface area contributed by atoms with Crippen LogP contribution in [0, 0.1) is 0 Å². The van der Waals surface area contributed by atoms with E-state index in [0.717, 1.165) is 29.9 Å². The lowest BCUT2D eigenvalue weighted by atomic mass is 10.2. The van der Waals surface area contributed by atoms with Crippen LogP contribution in [0.15, 0.2) is 47.7 Å². The third-order valence-electron chi connectivity index (χ3n) is 3.97. The Kier molecular flexibility index (Phi) is 5.28. The second-order valence-corrected chi connectivity index (χ2v) is 5.84. The van der Waals surface area contributed by atoms with Crippen LogP contribution in [0.4, 0.5) is 5.69 Å². The monoisotopic (exact) mass is 338 g/mol. The smallest absolute Gasteiger partial charge is 0.251 e. The van der Waals surface area contributed by atoms with Gasteiger partial charge in [-0.15, -0.1) is 0 Å². The predicted octanol–water partition coefficient (Wildman–Crippen LogP) is 3.00. The van der Waals surface area contributed by atoms with Crippen molar-refractivity contribution in [1.29, 1.82) is 0 Å². The maximum atomic E-state index is 12.4. The molecule has 2 heterocycles. The molecule has 0 bridgehead atoms. The molecule has 2 aromatic rings. The number of carbonyl (C=O) groups is 1. The van der Waals surface area contributed by atoms with E-state index in [1.807, 2.05) is 55.3 Å². The van der Waals surface area contributed by atoms with Gasteiger partial charge in [-0.1, -0.05) is 6.07 Å². The van der Waals surface area contributed by atoms with Gasteiger partial charge in [0.25, 0.3) is 5.91 Å². The number of nitrogens with one attached hydrogen (secondary N) is 1. The van der Waals surface area contributed by atoms with E-state index in [4.69, 9.17) is 4.74 Å². The second kappa shape index (κ2) is 7.79. The number of hydrogen-bond acceptors (Lipinski definition) is 5. The standard InChI is InChI=1S/C19H22N4O2/c1-3-25-19-16(5-4-11-20-19)13-21-18(24)15-6-8-17(9-7-15)23-12-10-14(2)22-23/h4-9,11H,3,10,12-13H2,1-2H3,(H,21,24). The van der Waals surface area contributed by atoms with Gasteiger partial charge in [-0.25, -0.2) is 4.98 Å². The van der Waals surface area contributed by atoms with Crippen molar-refractivity contribution in [2.75, 3.05) is 18.2 Å². The van der Waals surface area contributed by atoms with Crippen molar-refractivity contribution in [1.82, 2.24) is 10.3 Å². The quantitative estimate of drug-likeness (QED) is 0.879. The van der Waals surface area contributed by atoms with Gasteiger partial charge in [0.15, 0.2) is 0 Å². The Balaban J connectivity index is 1.62. The minimum absolute atomic E-state index is 0.126. The molecular weight excluding hydrogens is 316 g/mol. The normalized spacial score (nSPS) is 13.5. The molecule has 1 amide bonds. The van der Waals surface area contributed by atoms with E-state index in [9.17, 15) is 4.79 Å². The number of benzene rings is 1. The van der Waals surface area contributed by atoms with E-state index < -0.39 is 0 Å². The zero-order chi connectivity index (χ0) is 17.6. The summed E-state index contributed by atoms with van der Waals surface area (Å²) in [5.74, 6) is 0.432. The number of hydrogen-bond donors (Lipinski definition) is 1. The molecule has 6 nitrogen and oxygen atoms in total. The number of anilines is 1. The van der Waals surface area contributed by atoms with Crippen LogP contribution in [0.5, 0.6) is 5.88 Å². The zero-order valence-electron chi connectivity index (χ0n) is 14.5. The first-order chi connectivity index (χ1) is 12.2. The molecule has 0 radical (unpaired) electrons. The van der Waals surface area contributed by atoms with E-state index in [-0.39, 0.29) is 5.91 Å². The molecular formula is C19H22N4O2. The minimum atomic E-state index is -0.126. The number of nitrogens with zero attached hydrogens (tertiary/aromatic N) is 3. The van der Waals surface area contributed by atoms with E-state index in [2.05, 4.69) is 15.4 Å². The van der Waals surface area contributed by atoms with Gasteiger partial charge in [-0.05, 0) is 44.2 Å². The van der Waals surface area contributed by atoms with E-state index >= 15 is 0 Å². The predicted molar refractivity (Wildman–Crippen MR) is 98.1 cm³/mol. The molecule has 0 saturated carbocycles. The highest BCUT2D eigenvalue weighted by Gasteiger charge is 2.14. The van der Waals surface area contributed by atoms with Gasteiger partial charge in [-0.2, -0.15) is 5.10 Å². The third kappa shape index (κ3) is 4.15. The molecule has 1 aliphatic heterocycles. The summed E-state index contributed by atoms with van der Waals surface area (Å²) < 4.78 is 5.48. The van der Waals surface area contributed by atoms with Crippen molar-refractivity contribution in [2.45, 2.75) is 26.8 Å². The molecule has 130 valence electrons. The van der Waals surface area contributed by atoms with Crippen LogP contribution in [0.1, 0.15) is 36.2 Å². The van der Waals surface area contributed by atoms with Crippen LogP contribution < -0.4 is 15.1 Å². The number of aromatic nitrogens is 1. The summed E-state index contributed by atoms with van der Waals surface area (Å²) >= 11 is 0. The van der Waals surface area contributed by atoms with Crippen LogP contribution in [-0.2, 0) is 6.54 Å². The van der Waals surface area contributed by atoms with Crippen LogP contribution >= 0.6 is 0 Å². The summed E-state index contributed by atoms with van der Waals surface area (Å²) in [6.07, 6.45) is 2.66. The summed E-state index contributed by atoms with van der Waals surface area (Å²) in [4.78, 5) is 16.5. The number of hydrazone groups is 1. The Morgan fingerprint density at radius 1 is 1.28 bits per heavy atom. The maximum absolute atomic E-state index is 12.4. The summed E-state index contributed by atoms with van der Waals surface area (Å²) in [5, 5.41) is 9.33. The first-order valence-corrected chi connectivity index (χ1v) is 8.44. The topological polar surface area (TPSA) is 66.8 Å². The lowest BCUT2D eigenvalue weighted by molar-refractivity contribution is 0.0950. The molecule has 1 aliphatic rings. The van der Waals surface area contributed by atoms with Crippen molar-refractivity contribution in [3.05, 3.63) is 53.7 Å². The summed E-state index contributed by atoms with van der Waals surface area (Å²) in [7, 11) is 0.